The number of benzene rings is 1. The van der Waals surface area contributed by atoms with Crippen molar-refractivity contribution in [2.75, 3.05) is 10.2 Å². The average Bonchev–Trinajstić information content (AvgIpc) is 3.04. The molecule has 9 heteroatoms. The van der Waals surface area contributed by atoms with E-state index in [1.54, 1.807) is 49.7 Å². The van der Waals surface area contributed by atoms with Gasteiger partial charge in [0.25, 0.3) is 0 Å². The number of anilines is 2. The van der Waals surface area contributed by atoms with Crippen LogP contribution in [0.4, 0.5) is 16.3 Å². The topological polar surface area (TPSA) is 110 Å². The van der Waals surface area contributed by atoms with Crippen LogP contribution in [0.1, 0.15) is 39.0 Å². The Kier molecular flexibility index (Phi) is 6.26. The quantitative estimate of drug-likeness (QED) is 0.649. The zero-order valence-corrected chi connectivity index (χ0v) is 18.3. The Bertz CT molecular complexity index is 1120. The van der Waals surface area contributed by atoms with E-state index in [1.165, 1.54) is 6.92 Å². The van der Waals surface area contributed by atoms with Crippen LogP contribution in [0.2, 0.25) is 0 Å². The molecule has 0 spiro atoms. The van der Waals surface area contributed by atoms with Crippen molar-refractivity contribution in [3.8, 4) is 0 Å². The summed E-state index contributed by atoms with van der Waals surface area (Å²) in [6, 6.07) is 9.24. The lowest BCUT2D eigenvalue weighted by Crippen LogP contribution is -2.28. The monoisotopic (exact) mass is 425 g/mol. The second-order valence-electron chi connectivity index (χ2n) is 8.25. The largest absolute Gasteiger partial charge is 0.444 e. The summed E-state index contributed by atoms with van der Waals surface area (Å²) in [5, 5.41) is 17.3. The third-order valence-corrected chi connectivity index (χ3v) is 4.43. The molecule has 0 atom stereocenters. The van der Waals surface area contributed by atoms with E-state index < -0.39 is 11.7 Å². The fraction of sp³-hybridized carbons (Fsp3) is 0.364. The smallest absolute Gasteiger partial charge is 0.413 e. The van der Waals surface area contributed by atoms with Crippen LogP contribution in [0.25, 0.3) is 10.9 Å². The van der Waals surface area contributed by atoms with Crippen molar-refractivity contribution >= 4 is 34.4 Å². The summed E-state index contributed by atoms with van der Waals surface area (Å²) in [4.78, 5) is 30.4. The van der Waals surface area contributed by atoms with Crippen molar-refractivity contribution in [1.29, 1.82) is 0 Å². The van der Waals surface area contributed by atoms with Crippen molar-refractivity contribution in [1.82, 2.24) is 14.8 Å². The number of ether oxygens (including phenoxy) is 1. The first kappa shape index (κ1) is 22.2. The number of aryl methyl sites for hydroxylation is 1. The van der Waals surface area contributed by atoms with Crippen molar-refractivity contribution in [3.63, 3.8) is 0 Å². The predicted molar refractivity (Wildman–Crippen MR) is 118 cm³/mol. The lowest BCUT2D eigenvalue weighted by Gasteiger charge is -2.21. The number of aliphatic hydroxyl groups excluding tert-OH is 1. The second kappa shape index (κ2) is 8.73. The van der Waals surface area contributed by atoms with E-state index in [-0.39, 0.29) is 19.1 Å². The third kappa shape index (κ3) is 5.58. The first-order chi connectivity index (χ1) is 14.6. The molecule has 2 heterocycles. The Morgan fingerprint density at radius 1 is 1.23 bits per heavy atom. The minimum Gasteiger partial charge on any atom is -0.444 e. The van der Waals surface area contributed by atoms with Crippen LogP contribution in [0, 0.1) is 0 Å². The number of nitrogens with zero attached hydrogens (tertiary/aromatic N) is 4. The van der Waals surface area contributed by atoms with Crippen molar-refractivity contribution in [2.45, 2.75) is 46.4 Å². The van der Waals surface area contributed by atoms with Crippen LogP contribution in [-0.4, -0.2) is 37.5 Å². The van der Waals surface area contributed by atoms with Crippen LogP contribution in [0.15, 0.2) is 36.5 Å². The maximum atomic E-state index is 12.3. The maximum Gasteiger partial charge on any atom is 0.413 e. The minimum absolute atomic E-state index is 0.170. The fourth-order valence-electron chi connectivity index (χ4n) is 3.15. The van der Waals surface area contributed by atoms with Gasteiger partial charge in [0.1, 0.15) is 17.1 Å². The molecule has 2 amide bonds. The molecule has 0 aliphatic carbocycles. The molecule has 0 unspecified atom stereocenters. The summed E-state index contributed by atoms with van der Waals surface area (Å²) in [5.74, 6) is 0.202. The molecule has 2 aromatic heterocycles. The number of carbonyl (C=O) groups excluding carboxylic acids is 2. The van der Waals surface area contributed by atoms with Crippen LogP contribution in [0.5, 0.6) is 0 Å². The van der Waals surface area contributed by atoms with Gasteiger partial charge in [-0.3, -0.25) is 14.8 Å². The number of amides is 2. The number of hydrogen-bond acceptors (Lipinski definition) is 6. The molecule has 9 nitrogen and oxygen atoms in total. The highest BCUT2D eigenvalue weighted by Crippen LogP contribution is 2.24. The van der Waals surface area contributed by atoms with E-state index in [9.17, 15) is 14.7 Å². The van der Waals surface area contributed by atoms with Gasteiger partial charge in [0.15, 0.2) is 0 Å². The highest BCUT2D eigenvalue weighted by Gasteiger charge is 2.19. The van der Waals surface area contributed by atoms with Crippen LogP contribution in [-0.2, 0) is 29.7 Å². The summed E-state index contributed by atoms with van der Waals surface area (Å²) in [6.45, 7) is 6.86. The Morgan fingerprint density at radius 2 is 1.94 bits per heavy atom. The summed E-state index contributed by atoms with van der Waals surface area (Å²) in [5.41, 5.74) is 1.90. The maximum absolute atomic E-state index is 12.3. The molecule has 0 saturated heterocycles. The molecule has 2 N–H and O–H groups in total. The normalized spacial score (nSPS) is 11.4. The number of fused-ring (bicyclic) bond motifs is 1. The standard InChI is InChI=1S/C22H27N5O4/c1-14(29)27(19-12-26(5)25-18(19)13-28)11-15-6-7-16-8-9-20(23-17(16)10-15)24-21(30)31-22(2,3)4/h6-10,12,28H,11,13H2,1-5H3,(H,23,24,30). The number of aromatic nitrogens is 3. The van der Waals surface area contributed by atoms with Gasteiger partial charge in [-0.2, -0.15) is 5.10 Å². The van der Waals surface area contributed by atoms with E-state index in [4.69, 9.17) is 4.74 Å². The van der Waals surface area contributed by atoms with Crippen LogP contribution >= 0.6 is 0 Å². The molecular weight excluding hydrogens is 398 g/mol. The van der Waals surface area contributed by atoms with Gasteiger partial charge in [-0.05, 0) is 44.5 Å². The van der Waals surface area contributed by atoms with Gasteiger partial charge >= 0.3 is 6.09 Å². The molecule has 0 aliphatic rings. The molecule has 3 aromatic rings. The van der Waals surface area contributed by atoms with Gasteiger partial charge in [-0.15, -0.1) is 0 Å². The summed E-state index contributed by atoms with van der Waals surface area (Å²) >= 11 is 0. The lowest BCUT2D eigenvalue weighted by atomic mass is 10.1. The number of carbonyl (C=O) groups is 2. The molecule has 3 rings (SSSR count). The van der Waals surface area contributed by atoms with E-state index in [0.717, 1.165) is 10.9 Å². The molecule has 31 heavy (non-hydrogen) atoms. The SMILES string of the molecule is CC(=O)N(Cc1ccc2ccc(NC(=O)OC(C)(C)C)nc2c1)c1cn(C)nc1CO. The predicted octanol–water partition coefficient (Wildman–Crippen LogP) is 3.36. The minimum atomic E-state index is -0.607. The number of pyridine rings is 1. The first-order valence-electron chi connectivity index (χ1n) is 9.87. The summed E-state index contributed by atoms with van der Waals surface area (Å²) in [7, 11) is 1.74. The van der Waals surface area contributed by atoms with Crippen LogP contribution < -0.4 is 10.2 Å². The molecule has 0 saturated carbocycles. The van der Waals surface area contributed by atoms with Crippen molar-refractivity contribution in [2.24, 2.45) is 7.05 Å². The Balaban J connectivity index is 1.86. The van der Waals surface area contributed by atoms with Crippen molar-refractivity contribution < 1.29 is 19.4 Å². The molecular formula is C22H27N5O4. The van der Waals surface area contributed by atoms with E-state index >= 15 is 0 Å². The highest BCUT2D eigenvalue weighted by atomic mass is 16.6. The van der Waals surface area contributed by atoms with Gasteiger partial charge in [-0.1, -0.05) is 12.1 Å². The molecule has 0 aliphatic heterocycles. The summed E-state index contributed by atoms with van der Waals surface area (Å²) < 4.78 is 6.83. The third-order valence-electron chi connectivity index (χ3n) is 4.43. The Labute approximate surface area is 180 Å². The van der Waals surface area contributed by atoms with Gasteiger partial charge < -0.3 is 14.7 Å². The molecule has 0 bridgehead atoms. The highest BCUT2D eigenvalue weighted by molar-refractivity contribution is 5.92. The number of rotatable bonds is 5. The van der Waals surface area contributed by atoms with E-state index in [0.29, 0.717) is 22.7 Å². The zero-order chi connectivity index (χ0) is 22.8. The lowest BCUT2D eigenvalue weighted by molar-refractivity contribution is -0.116. The number of nitrogens with one attached hydrogen (secondary N) is 1. The van der Waals surface area contributed by atoms with Gasteiger partial charge in [0.05, 0.1) is 24.4 Å². The molecule has 1 aromatic carbocycles. The first-order valence-corrected chi connectivity index (χ1v) is 9.87. The van der Waals surface area contributed by atoms with Crippen LogP contribution in [0.3, 0.4) is 0 Å². The van der Waals surface area contributed by atoms with E-state index in [2.05, 4.69) is 15.4 Å². The van der Waals surface area contributed by atoms with Gasteiger partial charge in [-0.25, -0.2) is 9.78 Å². The van der Waals surface area contributed by atoms with E-state index in [1.807, 2.05) is 24.3 Å². The summed E-state index contributed by atoms with van der Waals surface area (Å²) in [6.07, 6.45) is 1.13. The van der Waals surface area contributed by atoms with Gasteiger partial charge in [0, 0.05) is 25.6 Å². The van der Waals surface area contributed by atoms with Crippen molar-refractivity contribution in [3.05, 3.63) is 47.8 Å². The second-order valence-corrected chi connectivity index (χ2v) is 8.25. The molecule has 0 fully saturated rings. The molecule has 0 radical (unpaired) electrons. The number of aliphatic hydroxyl groups is 1. The Morgan fingerprint density at radius 3 is 2.58 bits per heavy atom. The Hall–Kier alpha value is -3.46. The molecule has 164 valence electrons. The number of hydrogen-bond donors (Lipinski definition) is 2. The van der Waals surface area contributed by atoms with Gasteiger partial charge in [0.2, 0.25) is 5.91 Å². The average molecular weight is 425 g/mol. The fourth-order valence-corrected chi connectivity index (χ4v) is 3.15. The zero-order valence-electron chi connectivity index (χ0n) is 18.3.